The first-order valence-corrected chi connectivity index (χ1v) is 5.14. The van der Waals surface area contributed by atoms with Gasteiger partial charge in [-0.3, -0.25) is 19.2 Å². The Kier molecular flexibility index (Phi) is 3.10. The Balaban J connectivity index is 2.55. The largest absolute Gasteiger partial charge is 0.285 e. The molecule has 0 aliphatic rings. The van der Waals surface area contributed by atoms with Gasteiger partial charge in [-0.2, -0.15) is 0 Å². The molecule has 2 rings (SSSR count). The second kappa shape index (κ2) is 4.71. The van der Waals surface area contributed by atoms with E-state index in [9.17, 15) is 19.2 Å². The zero-order valence-electron chi connectivity index (χ0n) is 9.17. The average Bonchev–Trinajstić information content (AvgIpc) is 2.44. The van der Waals surface area contributed by atoms with E-state index >= 15 is 0 Å². The van der Waals surface area contributed by atoms with E-state index < -0.39 is 17.3 Å². The van der Waals surface area contributed by atoms with Gasteiger partial charge in [0, 0.05) is 5.56 Å². The lowest BCUT2D eigenvalue weighted by molar-refractivity contribution is -0.130. The first-order chi connectivity index (χ1) is 8.65. The van der Waals surface area contributed by atoms with Crippen molar-refractivity contribution in [2.24, 2.45) is 0 Å². The summed E-state index contributed by atoms with van der Waals surface area (Å²) >= 11 is 0. The third-order valence-corrected chi connectivity index (χ3v) is 2.54. The number of fused-ring (bicyclic) bond motifs is 1. The van der Waals surface area contributed by atoms with Crippen molar-refractivity contribution in [3.05, 3.63) is 48.0 Å². The molecule has 0 atom stereocenters. The molecule has 87 valence electrons. The van der Waals surface area contributed by atoms with Gasteiger partial charge in [-0.15, -0.1) is 0 Å². The minimum atomic E-state index is -1.45. The van der Waals surface area contributed by atoms with Crippen LogP contribution in [-0.4, -0.2) is 23.6 Å². The number of benzene rings is 2. The maximum Gasteiger partial charge on any atom is 0.281 e. The van der Waals surface area contributed by atoms with Crippen molar-refractivity contribution >= 4 is 34.4 Å². The fraction of sp³-hybridized carbons (Fsp3) is 0. The van der Waals surface area contributed by atoms with Gasteiger partial charge in [0.05, 0.1) is 0 Å². The van der Waals surface area contributed by atoms with E-state index in [4.69, 9.17) is 0 Å². The van der Waals surface area contributed by atoms with Crippen molar-refractivity contribution in [1.82, 2.24) is 0 Å². The summed E-state index contributed by atoms with van der Waals surface area (Å²) in [6.45, 7) is 0. The highest BCUT2D eigenvalue weighted by Gasteiger charge is 2.25. The van der Waals surface area contributed by atoms with Crippen LogP contribution in [0, 0.1) is 0 Å². The van der Waals surface area contributed by atoms with Crippen molar-refractivity contribution in [2.45, 2.75) is 0 Å². The fourth-order valence-electron chi connectivity index (χ4n) is 1.70. The number of rotatable bonds is 4. The summed E-state index contributed by atoms with van der Waals surface area (Å²) in [4.78, 5) is 44.1. The quantitative estimate of drug-likeness (QED) is 0.457. The summed E-state index contributed by atoms with van der Waals surface area (Å²) in [6, 6.07) is 11.8. The van der Waals surface area contributed by atoms with Crippen LogP contribution in [0.3, 0.4) is 0 Å². The van der Waals surface area contributed by atoms with Crippen molar-refractivity contribution in [2.75, 3.05) is 0 Å². The second-order valence-electron chi connectivity index (χ2n) is 3.62. The standard InChI is InChI=1S/C14H7O4/c15-8-12(16)14(18)13(17)11-7-3-5-9-4-1-2-6-10(9)11/h1-7H. The zero-order valence-corrected chi connectivity index (χ0v) is 9.17. The molecule has 0 saturated heterocycles. The number of hydrogen-bond donors (Lipinski definition) is 0. The Bertz CT molecular complexity index is 665. The van der Waals surface area contributed by atoms with E-state index in [0.717, 1.165) is 11.7 Å². The predicted molar refractivity (Wildman–Crippen MR) is 64.0 cm³/mol. The van der Waals surface area contributed by atoms with Gasteiger partial charge in [-0.05, 0) is 10.8 Å². The molecule has 0 fully saturated rings. The van der Waals surface area contributed by atoms with Crippen LogP contribution in [0.5, 0.6) is 0 Å². The Labute approximate surface area is 102 Å². The lowest BCUT2D eigenvalue weighted by Crippen LogP contribution is -2.24. The highest BCUT2D eigenvalue weighted by Crippen LogP contribution is 2.19. The van der Waals surface area contributed by atoms with E-state index in [1.807, 2.05) is 0 Å². The van der Waals surface area contributed by atoms with E-state index in [2.05, 4.69) is 0 Å². The summed E-state index contributed by atoms with van der Waals surface area (Å²) in [5.74, 6) is -3.80. The number of carbonyl (C=O) groups is 3. The normalized spacial score (nSPS) is 10.0. The van der Waals surface area contributed by atoms with E-state index in [1.54, 1.807) is 36.4 Å². The van der Waals surface area contributed by atoms with Crippen LogP contribution in [0.1, 0.15) is 10.4 Å². The van der Waals surface area contributed by atoms with Crippen LogP contribution in [0.4, 0.5) is 0 Å². The molecule has 0 saturated carbocycles. The number of hydrogen-bond acceptors (Lipinski definition) is 4. The molecule has 0 amide bonds. The first-order valence-electron chi connectivity index (χ1n) is 5.14. The number of carbonyl (C=O) groups excluding carboxylic acids is 4. The van der Waals surface area contributed by atoms with Crippen LogP contribution in [-0.2, 0) is 14.4 Å². The second-order valence-corrected chi connectivity index (χ2v) is 3.62. The molecule has 0 aromatic heterocycles. The minimum Gasteiger partial charge on any atom is -0.285 e. The van der Waals surface area contributed by atoms with Gasteiger partial charge in [-0.1, -0.05) is 42.5 Å². The summed E-state index contributed by atoms with van der Waals surface area (Å²) in [5, 5.41) is 1.34. The van der Waals surface area contributed by atoms with Crippen LogP contribution in [0.2, 0.25) is 0 Å². The fourth-order valence-corrected chi connectivity index (χ4v) is 1.70. The molecule has 0 unspecified atom stereocenters. The van der Waals surface area contributed by atoms with Gasteiger partial charge >= 0.3 is 0 Å². The van der Waals surface area contributed by atoms with Gasteiger partial charge in [0.2, 0.25) is 5.78 Å². The van der Waals surface area contributed by atoms with E-state index in [-0.39, 0.29) is 5.56 Å². The van der Waals surface area contributed by atoms with Crippen molar-refractivity contribution in [3.8, 4) is 0 Å². The van der Waals surface area contributed by atoms with Gasteiger partial charge in [-0.25, -0.2) is 0 Å². The van der Waals surface area contributed by atoms with Crippen molar-refractivity contribution in [1.29, 1.82) is 0 Å². The van der Waals surface area contributed by atoms with E-state index in [1.165, 1.54) is 6.07 Å². The van der Waals surface area contributed by atoms with Gasteiger partial charge in [0.25, 0.3) is 17.9 Å². The van der Waals surface area contributed by atoms with Crippen LogP contribution in [0.25, 0.3) is 10.8 Å². The molecule has 1 radical (unpaired) electrons. The summed E-state index contributed by atoms with van der Waals surface area (Å²) < 4.78 is 0. The van der Waals surface area contributed by atoms with Crippen molar-refractivity contribution < 1.29 is 19.2 Å². The molecule has 18 heavy (non-hydrogen) atoms. The Morgan fingerprint density at radius 1 is 0.889 bits per heavy atom. The Morgan fingerprint density at radius 3 is 2.28 bits per heavy atom. The van der Waals surface area contributed by atoms with Crippen LogP contribution < -0.4 is 0 Å². The summed E-state index contributed by atoms with van der Waals surface area (Å²) in [7, 11) is 0. The summed E-state index contributed by atoms with van der Waals surface area (Å²) in [6.07, 6.45) is 0.904. The molecule has 0 aliphatic carbocycles. The molecule has 2 aromatic rings. The lowest BCUT2D eigenvalue weighted by Gasteiger charge is -2.03. The Hall–Kier alpha value is -2.62. The molecule has 4 nitrogen and oxygen atoms in total. The minimum absolute atomic E-state index is 0.113. The first kappa shape index (κ1) is 11.9. The monoisotopic (exact) mass is 239 g/mol. The Morgan fingerprint density at radius 2 is 1.56 bits per heavy atom. The third kappa shape index (κ3) is 1.96. The molecule has 0 bridgehead atoms. The van der Waals surface area contributed by atoms with Gasteiger partial charge in [0.15, 0.2) is 0 Å². The summed E-state index contributed by atoms with van der Waals surface area (Å²) in [5.41, 5.74) is 0.113. The molecule has 0 aliphatic heterocycles. The van der Waals surface area contributed by atoms with E-state index in [0.29, 0.717) is 5.39 Å². The number of ketones is 3. The molecule has 2 aromatic carbocycles. The molecule has 0 heterocycles. The van der Waals surface area contributed by atoms with Gasteiger partial charge < -0.3 is 0 Å². The molecular formula is C14H7O4. The smallest absolute Gasteiger partial charge is 0.281 e. The average molecular weight is 239 g/mol. The predicted octanol–water partition coefficient (Wildman–Crippen LogP) is 1.27. The highest BCUT2D eigenvalue weighted by atomic mass is 16.2. The maximum absolute atomic E-state index is 11.8. The van der Waals surface area contributed by atoms with Crippen molar-refractivity contribution in [3.63, 3.8) is 0 Å². The SMILES string of the molecule is O=[C]C(=O)C(=O)C(=O)c1cccc2ccccc12. The zero-order chi connectivity index (χ0) is 13.1. The van der Waals surface area contributed by atoms with Gasteiger partial charge in [0.1, 0.15) is 0 Å². The van der Waals surface area contributed by atoms with Crippen LogP contribution in [0.15, 0.2) is 42.5 Å². The highest BCUT2D eigenvalue weighted by molar-refractivity contribution is 6.77. The maximum atomic E-state index is 11.8. The lowest BCUT2D eigenvalue weighted by atomic mass is 9.98. The molecule has 4 heteroatoms. The molecule has 0 spiro atoms. The topological polar surface area (TPSA) is 68.3 Å². The third-order valence-electron chi connectivity index (χ3n) is 2.54. The molecule has 0 N–H and O–H groups in total. The van der Waals surface area contributed by atoms with Crippen LogP contribution >= 0.6 is 0 Å². The molecular weight excluding hydrogens is 232 g/mol. The number of Topliss-reactive ketones (excluding diaryl/α,β-unsaturated/α-hetero) is 3.